The average Bonchev–Trinajstić information content (AvgIpc) is 2.64. The Labute approximate surface area is 54.4 Å². The van der Waals surface area contributed by atoms with Crippen molar-refractivity contribution in [3.63, 3.8) is 0 Å². The van der Waals surface area contributed by atoms with Gasteiger partial charge in [-0.05, 0) is 12.8 Å². The molecule has 9 heavy (non-hydrogen) atoms. The van der Waals surface area contributed by atoms with Gasteiger partial charge in [0.2, 0.25) is 6.41 Å². The Morgan fingerprint density at radius 1 is 1.78 bits per heavy atom. The second-order valence-corrected chi connectivity index (χ2v) is 2.28. The maximum Gasteiger partial charge on any atom is 0.209 e. The molecule has 1 aliphatic rings. The lowest BCUT2D eigenvalue weighted by atomic mass is 10.4. The number of carbonyl (C=O) groups is 1. The molecule has 0 aliphatic heterocycles. The molecule has 3 nitrogen and oxygen atoms in total. The van der Waals surface area contributed by atoms with E-state index < -0.39 is 0 Å². The van der Waals surface area contributed by atoms with Gasteiger partial charge in [-0.25, -0.2) is 0 Å². The smallest absolute Gasteiger partial charge is 0.209 e. The van der Waals surface area contributed by atoms with Gasteiger partial charge in [0.25, 0.3) is 0 Å². The molecule has 1 saturated carbocycles. The average molecular weight is 129 g/mol. The summed E-state index contributed by atoms with van der Waals surface area (Å²) >= 11 is 0. The Morgan fingerprint density at radius 3 is 2.78 bits per heavy atom. The summed E-state index contributed by atoms with van der Waals surface area (Å²) in [7, 11) is 1.61. The molecular weight excluding hydrogens is 118 g/mol. The highest BCUT2D eigenvalue weighted by Crippen LogP contribution is 2.32. The van der Waals surface area contributed by atoms with E-state index in [1.165, 1.54) is 12.8 Å². The van der Waals surface area contributed by atoms with Gasteiger partial charge in [0.15, 0.2) is 0 Å². The maximum absolute atomic E-state index is 9.92. The number of rotatable bonds is 4. The first kappa shape index (κ1) is 6.55. The SMILES string of the molecule is COC(NC=O)C1CC1. The fraction of sp³-hybridized carbons (Fsp3) is 0.833. The molecule has 0 saturated heterocycles. The van der Waals surface area contributed by atoms with E-state index in [9.17, 15) is 4.79 Å². The Morgan fingerprint density at radius 2 is 2.44 bits per heavy atom. The first-order chi connectivity index (χ1) is 4.38. The molecule has 1 N–H and O–H groups in total. The lowest BCUT2D eigenvalue weighted by molar-refractivity contribution is -0.113. The summed E-state index contributed by atoms with van der Waals surface area (Å²) in [6, 6.07) is 0. The van der Waals surface area contributed by atoms with Crippen molar-refractivity contribution in [3.05, 3.63) is 0 Å². The largest absolute Gasteiger partial charge is 0.361 e. The zero-order valence-electron chi connectivity index (χ0n) is 5.46. The number of methoxy groups -OCH3 is 1. The minimum absolute atomic E-state index is 0.0394. The minimum atomic E-state index is -0.0394. The molecule has 0 bridgehead atoms. The number of hydrogen-bond acceptors (Lipinski definition) is 2. The molecule has 1 rings (SSSR count). The number of nitrogens with one attached hydrogen (secondary N) is 1. The summed E-state index contributed by atoms with van der Waals surface area (Å²) in [6.45, 7) is 0. The molecule has 1 unspecified atom stereocenters. The molecule has 0 aromatic heterocycles. The van der Waals surface area contributed by atoms with Gasteiger partial charge in [0.05, 0.1) is 0 Å². The van der Waals surface area contributed by atoms with Crippen LogP contribution < -0.4 is 5.32 Å². The van der Waals surface area contributed by atoms with Gasteiger partial charge in [0, 0.05) is 13.0 Å². The van der Waals surface area contributed by atoms with Crippen LogP contribution in [0.4, 0.5) is 0 Å². The van der Waals surface area contributed by atoms with Crippen molar-refractivity contribution in [3.8, 4) is 0 Å². The van der Waals surface area contributed by atoms with E-state index in [0.29, 0.717) is 12.3 Å². The van der Waals surface area contributed by atoms with Gasteiger partial charge in [0.1, 0.15) is 6.23 Å². The molecule has 0 radical (unpaired) electrons. The van der Waals surface area contributed by atoms with Crippen LogP contribution in [0.5, 0.6) is 0 Å². The van der Waals surface area contributed by atoms with Crippen LogP contribution in [0.3, 0.4) is 0 Å². The summed E-state index contributed by atoms with van der Waals surface area (Å²) in [6.07, 6.45) is 3.01. The summed E-state index contributed by atoms with van der Waals surface area (Å²) < 4.78 is 4.97. The third-order valence-corrected chi connectivity index (χ3v) is 1.54. The van der Waals surface area contributed by atoms with Crippen LogP contribution >= 0.6 is 0 Å². The second-order valence-electron chi connectivity index (χ2n) is 2.28. The normalized spacial score (nSPS) is 21.0. The van der Waals surface area contributed by atoms with Gasteiger partial charge in [-0.3, -0.25) is 4.79 Å². The van der Waals surface area contributed by atoms with Crippen molar-refractivity contribution in [1.82, 2.24) is 5.32 Å². The molecule has 0 aromatic rings. The highest BCUT2D eigenvalue weighted by molar-refractivity contribution is 5.46. The van der Waals surface area contributed by atoms with Crippen molar-refractivity contribution in [2.24, 2.45) is 5.92 Å². The van der Waals surface area contributed by atoms with Crippen LogP contribution in [0.15, 0.2) is 0 Å². The molecule has 0 spiro atoms. The Balaban J connectivity index is 2.20. The Kier molecular flexibility index (Phi) is 2.05. The lowest BCUT2D eigenvalue weighted by Gasteiger charge is -2.11. The van der Waals surface area contributed by atoms with Crippen molar-refractivity contribution in [2.45, 2.75) is 19.1 Å². The van der Waals surface area contributed by atoms with E-state index in [-0.39, 0.29) is 6.23 Å². The van der Waals surface area contributed by atoms with Crippen molar-refractivity contribution >= 4 is 6.41 Å². The monoisotopic (exact) mass is 129 g/mol. The predicted octanol–water partition coefficient (Wildman–Crippen LogP) is 0.115. The highest BCUT2D eigenvalue weighted by Gasteiger charge is 2.30. The molecule has 1 amide bonds. The summed E-state index contributed by atoms with van der Waals surface area (Å²) in [5, 5.41) is 2.59. The third-order valence-electron chi connectivity index (χ3n) is 1.54. The van der Waals surface area contributed by atoms with E-state index in [2.05, 4.69) is 5.32 Å². The Bertz CT molecular complexity index is 101. The van der Waals surface area contributed by atoms with Gasteiger partial charge >= 0.3 is 0 Å². The molecule has 1 aliphatic carbocycles. The van der Waals surface area contributed by atoms with E-state index in [0.717, 1.165) is 0 Å². The lowest BCUT2D eigenvalue weighted by Crippen LogP contribution is -2.31. The Hall–Kier alpha value is -0.570. The van der Waals surface area contributed by atoms with E-state index >= 15 is 0 Å². The van der Waals surface area contributed by atoms with Crippen molar-refractivity contribution in [1.29, 1.82) is 0 Å². The third kappa shape index (κ3) is 1.68. The molecule has 1 atom stereocenters. The number of hydrogen-bond donors (Lipinski definition) is 1. The molecule has 1 fully saturated rings. The number of ether oxygens (including phenoxy) is 1. The summed E-state index contributed by atoms with van der Waals surface area (Å²) in [5.74, 6) is 0.570. The molecule has 3 heteroatoms. The predicted molar refractivity (Wildman–Crippen MR) is 32.7 cm³/mol. The van der Waals surface area contributed by atoms with E-state index in [4.69, 9.17) is 4.74 Å². The standard InChI is InChI=1S/C6H11NO2/c1-9-6(7-4-8)5-2-3-5/h4-6H,2-3H2,1H3,(H,7,8). The summed E-state index contributed by atoms with van der Waals surface area (Å²) in [5.41, 5.74) is 0. The fourth-order valence-corrected chi connectivity index (χ4v) is 0.863. The van der Waals surface area contributed by atoms with Gasteiger partial charge < -0.3 is 10.1 Å². The zero-order chi connectivity index (χ0) is 6.69. The maximum atomic E-state index is 9.92. The summed E-state index contributed by atoms with van der Waals surface area (Å²) in [4.78, 5) is 9.92. The van der Waals surface area contributed by atoms with Crippen LogP contribution in [0.1, 0.15) is 12.8 Å². The van der Waals surface area contributed by atoms with Gasteiger partial charge in [-0.1, -0.05) is 0 Å². The van der Waals surface area contributed by atoms with Crippen LogP contribution in [0.25, 0.3) is 0 Å². The van der Waals surface area contributed by atoms with Crippen molar-refractivity contribution < 1.29 is 9.53 Å². The van der Waals surface area contributed by atoms with E-state index in [1.54, 1.807) is 7.11 Å². The van der Waals surface area contributed by atoms with Gasteiger partial charge in [-0.15, -0.1) is 0 Å². The molecule has 0 heterocycles. The topological polar surface area (TPSA) is 38.3 Å². The van der Waals surface area contributed by atoms with Crippen LogP contribution in [0, 0.1) is 5.92 Å². The molecular formula is C6H11NO2. The molecule has 52 valence electrons. The zero-order valence-corrected chi connectivity index (χ0v) is 5.46. The first-order valence-electron chi connectivity index (χ1n) is 3.11. The second kappa shape index (κ2) is 2.82. The van der Waals surface area contributed by atoms with E-state index in [1.807, 2.05) is 0 Å². The molecule has 0 aromatic carbocycles. The quantitative estimate of drug-likeness (QED) is 0.432. The van der Waals surface area contributed by atoms with Gasteiger partial charge in [-0.2, -0.15) is 0 Å². The van der Waals surface area contributed by atoms with Crippen molar-refractivity contribution in [2.75, 3.05) is 7.11 Å². The first-order valence-corrected chi connectivity index (χ1v) is 3.11. The number of amides is 1. The number of carbonyl (C=O) groups excluding carboxylic acids is 1. The fourth-order valence-electron chi connectivity index (χ4n) is 0.863. The van der Waals surface area contributed by atoms with Crippen LogP contribution in [-0.4, -0.2) is 19.7 Å². The van der Waals surface area contributed by atoms with Crippen LogP contribution in [0.2, 0.25) is 0 Å². The highest BCUT2D eigenvalue weighted by atomic mass is 16.5. The van der Waals surface area contributed by atoms with Crippen LogP contribution in [-0.2, 0) is 9.53 Å². The minimum Gasteiger partial charge on any atom is -0.361 e.